The lowest BCUT2D eigenvalue weighted by atomic mass is 10.1. The first kappa shape index (κ1) is 22.5. The zero-order chi connectivity index (χ0) is 22.1. The second-order valence-electron chi connectivity index (χ2n) is 7.38. The molecule has 0 radical (unpaired) electrons. The van der Waals surface area contributed by atoms with Crippen LogP contribution < -0.4 is 29.7 Å². The third-order valence-electron chi connectivity index (χ3n) is 5.36. The lowest BCUT2D eigenvalue weighted by molar-refractivity contribution is 0.323. The van der Waals surface area contributed by atoms with Gasteiger partial charge in [0.1, 0.15) is 5.82 Å². The fourth-order valence-electron chi connectivity index (χ4n) is 3.70. The van der Waals surface area contributed by atoms with E-state index >= 15 is 0 Å². The molecule has 0 aliphatic carbocycles. The van der Waals surface area contributed by atoms with Gasteiger partial charge in [-0.2, -0.15) is 0 Å². The quantitative estimate of drug-likeness (QED) is 0.495. The number of hydrogen-bond acceptors (Lipinski definition) is 6. The third-order valence-corrected chi connectivity index (χ3v) is 5.36. The van der Waals surface area contributed by atoms with Crippen molar-refractivity contribution >= 4 is 11.8 Å². The van der Waals surface area contributed by atoms with E-state index in [1.807, 2.05) is 24.4 Å². The molecule has 1 aromatic heterocycles. The number of benzene rings is 1. The van der Waals surface area contributed by atoms with E-state index in [2.05, 4.69) is 31.6 Å². The van der Waals surface area contributed by atoms with Crippen LogP contribution in [0.15, 0.2) is 35.5 Å². The van der Waals surface area contributed by atoms with Gasteiger partial charge in [-0.1, -0.05) is 0 Å². The average molecular weight is 428 g/mol. The number of hydrogen-bond donors (Lipinski definition) is 2. The molecule has 2 aromatic rings. The molecule has 8 nitrogen and oxygen atoms in total. The molecular weight excluding hydrogens is 394 g/mol. The van der Waals surface area contributed by atoms with Gasteiger partial charge in [0.25, 0.3) is 0 Å². The van der Waals surface area contributed by atoms with Crippen LogP contribution in [0.1, 0.15) is 30.4 Å². The number of ether oxygens (including phenoxy) is 3. The summed E-state index contributed by atoms with van der Waals surface area (Å²) in [6.07, 6.45) is 5.67. The van der Waals surface area contributed by atoms with E-state index in [0.717, 1.165) is 24.5 Å². The van der Waals surface area contributed by atoms with Crippen LogP contribution in [0.2, 0.25) is 0 Å². The van der Waals surface area contributed by atoms with Crippen LogP contribution in [0.3, 0.4) is 0 Å². The minimum absolute atomic E-state index is 0.561. The normalized spacial score (nSPS) is 14.2. The highest BCUT2D eigenvalue weighted by atomic mass is 16.5. The average Bonchev–Trinajstić information content (AvgIpc) is 2.84. The lowest BCUT2D eigenvalue weighted by Gasteiger charge is -2.28. The first-order valence-corrected chi connectivity index (χ1v) is 10.6. The second-order valence-corrected chi connectivity index (χ2v) is 7.38. The van der Waals surface area contributed by atoms with E-state index in [-0.39, 0.29) is 0 Å². The summed E-state index contributed by atoms with van der Waals surface area (Å²) in [7, 11) is 6.58. The molecular formula is C23H33N5O3. The summed E-state index contributed by atoms with van der Waals surface area (Å²) in [6, 6.07) is 8.04. The van der Waals surface area contributed by atoms with Gasteiger partial charge in [0.2, 0.25) is 5.75 Å². The summed E-state index contributed by atoms with van der Waals surface area (Å²) in [5.74, 6) is 3.61. The van der Waals surface area contributed by atoms with Crippen molar-refractivity contribution < 1.29 is 14.2 Å². The summed E-state index contributed by atoms with van der Waals surface area (Å²) >= 11 is 0. The molecule has 1 aromatic carbocycles. The molecule has 0 amide bonds. The number of guanidine groups is 1. The van der Waals surface area contributed by atoms with E-state index in [9.17, 15) is 0 Å². The summed E-state index contributed by atoms with van der Waals surface area (Å²) in [5.41, 5.74) is 2.17. The van der Waals surface area contributed by atoms with Crippen molar-refractivity contribution in [2.45, 2.75) is 32.4 Å². The molecule has 0 saturated carbocycles. The number of piperidine rings is 1. The maximum absolute atomic E-state index is 5.43. The zero-order valence-electron chi connectivity index (χ0n) is 18.9. The van der Waals surface area contributed by atoms with Crippen LogP contribution in [-0.2, 0) is 13.1 Å². The number of methoxy groups -OCH3 is 3. The Kier molecular flexibility index (Phi) is 8.20. The second kappa shape index (κ2) is 11.3. The van der Waals surface area contributed by atoms with E-state index in [0.29, 0.717) is 36.3 Å². The number of nitrogens with zero attached hydrogens (tertiary/aromatic N) is 3. The molecule has 2 N–H and O–H groups in total. The Balaban J connectivity index is 1.59. The van der Waals surface area contributed by atoms with Crippen molar-refractivity contribution in [3.63, 3.8) is 0 Å². The zero-order valence-corrected chi connectivity index (χ0v) is 18.9. The molecule has 1 fully saturated rings. The predicted octanol–water partition coefficient (Wildman–Crippen LogP) is 2.96. The van der Waals surface area contributed by atoms with Gasteiger partial charge in [-0.25, -0.2) is 4.98 Å². The summed E-state index contributed by atoms with van der Waals surface area (Å²) in [6.45, 7) is 3.40. The summed E-state index contributed by atoms with van der Waals surface area (Å²) in [4.78, 5) is 11.2. The van der Waals surface area contributed by atoms with Crippen LogP contribution >= 0.6 is 0 Å². The fraction of sp³-hybridized carbons (Fsp3) is 0.478. The molecule has 3 rings (SSSR count). The van der Waals surface area contributed by atoms with E-state index in [1.54, 1.807) is 28.4 Å². The molecule has 1 aliphatic heterocycles. The van der Waals surface area contributed by atoms with Crippen molar-refractivity contribution in [1.82, 2.24) is 15.6 Å². The third kappa shape index (κ3) is 5.93. The molecule has 0 spiro atoms. The highest BCUT2D eigenvalue weighted by molar-refractivity contribution is 5.79. The number of rotatable bonds is 8. The van der Waals surface area contributed by atoms with Gasteiger partial charge < -0.3 is 29.7 Å². The largest absolute Gasteiger partial charge is 0.493 e. The van der Waals surface area contributed by atoms with Crippen LogP contribution in [0.25, 0.3) is 0 Å². The summed E-state index contributed by atoms with van der Waals surface area (Å²) in [5, 5.41) is 6.71. The lowest BCUT2D eigenvalue weighted by Crippen LogP contribution is -2.36. The minimum Gasteiger partial charge on any atom is -0.493 e. The number of aromatic nitrogens is 1. The molecule has 1 aliphatic rings. The molecule has 8 heteroatoms. The van der Waals surface area contributed by atoms with Gasteiger partial charge in [-0.3, -0.25) is 4.99 Å². The Morgan fingerprint density at radius 2 is 1.58 bits per heavy atom. The van der Waals surface area contributed by atoms with Gasteiger partial charge in [-0.05, 0) is 54.7 Å². The van der Waals surface area contributed by atoms with Gasteiger partial charge >= 0.3 is 0 Å². The van der Waals surface area contributed by atoms with E-state index in [1.165, 1.54) is 24.8 Å². The number of aliphatic imine (C=N–C) groups is 1. The molecule has 0 atom stereocenters. The minimum atomic E-state index is 0.561. The monoisotopic (exact) mass is 427 g/mol. The number of nitrogens with one attached hydrogen (secondary N) is 2. The van der Waals surface area contributed by atoms with Crippen LogP contribution in [0.4, 0.5) is 5.82 Å². The topological polar surface area (TPSA) is 80.2 Å². The smallest absolute Gasteiger partial charge is 0.203 e. The standard InChI is InChI=1S/C23H33N5O3/c1-24-23(27-16-18-12-19(29-2)22(31-4)20(13-18)30-3)26-15-17-8-9-25-21(14-17)28-10-6-5-7-11-28/h8-9,12-14H,5-7,10-11,15-16H2,1-4H3,(H2,24,26,27). The highest BCUT2D eigenvalue weighted by Crippen LogP contribution is 2.38. The predicted molar refractivity (Wildman–Crippen MR) is 123 cm³/mol. The Morgan fingerprint density at radius 3 is 2.16 bits per heavy atom. The first-order chi connectivity index (χ1) is 15.2. The van der Waals surface area contributed by atoms with Gasteiger partial charge in [-0.15, -0.1) is 0 Å². The molecule has 1 saturated heterocycles. The van der Waals surface area contributed by atoms with Crippen molar-refractivity contribution in [3.8, 4) is 17.2 Å². The molecule has 168 valence electrons. The maximum atomic E-state index is 5.43. The highest BCUT2D eigenvalue weighted by Gasteiger charge is 2.14. The van der Waals surface area contributed by atoms with Crippen molar-refractivity contribution in [3.05, 3.63) is 41.6 Å². The number of anilines is 1. The van der Waals surface area contributed by atoms with Crippen molar-refractivity contribution in [2.24, 2.45) is 4.99 Å². The molecule has 0 unspecified atom stereocenters. The van der Waals surface area contributed by atoms with Gasteiger partial charge in [0.15, 0.2) is 17.5 Å². The van der Waals surface area contributed by atoms with Crippen LogP contribution in [0, 0.1) is 0 Å². The van der Waals surface area contributed by atoms with Crippen molar-refractivity contribution in [1.29, 1.82) is 0 Å². The fourth-order valence-corrected chi connectivity index (χ4v) is 3.70. The Labute approximate surface area is 184 Å². The number of pyridine rings is 1. The Morgan fingerprint density at radius 1 is 0.935 bits per heavy atom. The van der Waals surface area contributed by atoms with Crippen LogP contribution in [0.5, 0.6) is 17.2 Å². The van der Waals surface area contributed by atoms with Crippen LogP contribution in [-0.4, -0.2) is 52.4 Å². The summed E-state index contributed by atoms with van der Waals surface area (Å²) < 4.78 is 16.2. The van der Waals surface area contributed by atoms with Gasteiger partial charge in [0, 0.05) is 39.4 Å². The maximum Gasteiger partial charge on any atom is 0.203 e. The SMILES string of the molecule is CN=C(NCc1ccnc(N2CCCCC2)c1)NCc1cc(OC)c(OC)c(OC)c1. The van der Waals surface area contributed by atoms with E-state index in [4.69, 9.17) is 14.2 Å². The Bertz CT molecular complexity index is 856. The Hall–Kier alpha value is -3.16. The molecule has 31 heavy (non-hydrogen) atoms. The first-order valence-electron chi connectivity index (χ1n) is 10.6. The molecule has 2 heterocycles. The van der Waals surface area contributed by atoms with Crippen molar-refractivity contribution in [2.75, 3.05) is 46.4 Å². The molecule has 0 bridgehead atoms. The van der Waals surface area contributed by atoms with E-state index < -0.39 is 0 Å². The van der Waals surface area contributed by atoms with Gasteiger partial charge in [0.05, 0.1) is 21.3 Å².